The van der Waals surface area contributed by atoms with Crippen LogP contribution >= 0.6 is 0 Å². The molecule has 0 saturated heterocycles. The van der Waals surface area contributed by atoms with Crippen molar-refractivity contribution in [3.63, 3.8) is 0 Å². The lowest BCUT2D eigenvalue weighted by molar-refractivity contribution is 0.959. The van der Waals surface area contributed by atoms with Crippen LogP contribution in [-0.2, 0) is 12.8 Å². The summed E-state index contributed by atoms with van der Waals surface area (Å²) in [4.78, 5) is 13.5. The number of aromatic nitrogens is 3. The number of pyridine rings is 1. The van der Waals surface area contributed by atoms with Gasteiger partial charge in [-0.2, -0.15) is 0 Å². The van der Waals surface area contributed by atoms with Crippen molar-refractivity contribution in [2.24, 2.45) is 0 Å². The molecule has 0 spiro atoms. The van der Waals surface area contributed by atoms with Crippen molar-refractivity contribution in [1.82, 2.24) is 15.0 Å². The Morgan fingerprint density at radius 2 is 1.89 bits per heavy atom. The van der Waals surface area contributed by atoms with Crippen molar-refractivity contribution >= 4 is 27.8 Å². The van der Waals surface area contributed by atoms with E-state index in [9.17, 15) is 0 Å². The Balaban J connectivity index is 2.42. The highest BCUT2D eigenvalue weighted by Gasteiger charge is 2.09. The summed E-state index contributed by atoms with van der Waals surface area (Å²) in [6.45, 7) is 4.14. The lowest BCUT2D eigenvalue weighted by atomic mass is 10.1. The maximum absolute atomic E-state index is 6.00. The second kappa shape index (κ2) is 4.46. The number of fused-ring (bicyclic) bond motifs is 2. The molecule has 0 saturated carbocycles. The van der Waals surface area contributed by atoms with Gasteiger partial charge >= 0.3 is 0 Å². The minimum atomic E-state index is 0.512. The minimum absolute atomic E-state index is 0.512. The van der Waals surface area contributed by atoms with Gasteiger partial charge in [0.25, 0.3) is 0 Å². The normalized spacial score (nSPS) is 11.3. The summed E-state index contributed by atoms with van der Waals surface area (Å²) in [5.74, 6) is 1.25. The van der Waals surface area contributed by atoms with Crippen LogP contribution in [0.5, 0.6) is 0 Å². The van der Waals surface area contributed by atoms with Gasteiger partial charge in [-0.1, -0.05) is 32.0 Å². The van der Waals surface area contributed by atoms with Gasteiger partial charge in [-0.05, 0) is 18.1 Å². The number of nitrogen functional groups attached to an aromatic ring is 1. The molecule has 0 amide bonds. The molecule has 0 atom stereocenters. The van der Waals surface area contributed by atoms with Gasteiger partial charge in [0.05, 0.1) is 10.9 Å². The highest BCUT2D eigenvalue weighted by atomic mass is 15.0. The highest BCUT2D eigenvalue weighted by molar-refractivity contribution is 5.96. The van der Waals surface area contributed by atoms with Crippen LogP contribution in [0.1, 0.15) is 25.2 Å². The van der Waals surface area contributed by atoms with E-state index in [2.05, 4.69) is 27.9 Å². The summed E-state index contributed by atoms with van der Waals surface area (Å²) in [6, 6.07) is 8.23. The van der Waals surface area contributed by atoms with Crippen molar-refractivity contribution in [2.45, 2.75) is 26.7 Å². The van der Waals surface area contributed by atoms with Crippen molar-refractivity contribution in [2.75, 3.05) is 5.73 Å². The lowest BCUT2D eigenvalue weighted by Gasteiger charge is -2.07. The molecular weight excluding hydrogens is 236 g/mol. The van der Waals surface area contributed by atoms with E-state index in [1.165, 1.54) is 5.56 Å². The van der Waals surface area contributed by atoms with Crippen molar-refractivity contribution in [3.05, 3.63) is 35.7 Å². The van der Waals surface area contributed by atoms with Crippen LogP contribution in [0.15, 0.2) is 24.3 Å². The van der Waals surface area contributed by atoms with Gasteiger partial charge in [0, 0.05) is 11.8 Å². The fourth-order valence-electron chi connectivity index (χ4n) is 2.31. The molecule has 0 aliphatic rings. The Morgan fingerprint density at radius 3 is 2.63 bits per heavy atom. The van der Waals surface area contributed by atoms with Crippen LogP contribution in [-0.4, -0.2) is 15.0 Å². The first-order valence-electron chi connectivity index (χ1n) is 6.57. The van der Waals surface area contributed by atoms with E-state index in [4.69, 9.17) is 5.73 Å². The molecule has 0 aliphatic carbocycles. The van der Waals surface area contributed by atoms with Crippen molar-refractivity contribution in [1.29, 1.82) is 0 Å². The Kier molecular flexibility index (Phi) is 2.78. The third-order valence-corrected chi connectivity index (χ3v) is 3.37. The molecule has 2 N–H and O–H groups in total. The largest absolute Gasteiger partial charge is 0.383 e. The maximum Gasteiger partial charge on any atom is 0.165 e. The summed E-state index contributed by atoms with van der Waals surface area (Å²) in [5.41, 5.74) is 8.94. The molecule has 19 heavy (non-hydrogen) atoms. The standard InChI is InChI=1S/C15H16N4/c1-3-9-6-5-7-10-8-11-14(16)17-12(4-2)18-15(11)19-13(9)10/h5-8H,3-4H2,1-2H3,(H2,16,17,18,19). The molecule has 3 aromatic rings. The van der Waals surface area contributed by atoms with Crippen LogP contribution in [0.3, 0.4) is 0 Å². The predicted octanol–water partition coefficient (Wildman–Crippen LogP) is 2.89. The van der Waals surface area contributed by atoms with Crippen LogP contribution in [0.4, 0.5) is 5.82 Å². The number of nitrogens with two attached hydrogens (primary N) is 1. The zero-order valence-electron chi connectivity index (χ0n) is 11.1. The van der Waals surface area contributed by atoms with Gasteiger partial charge in [0.1, 0.15) is 11.6 Å². The number of hydrogen-bond donors (Lipinski definition) is 1. The van der Waals surface area contributed by atoms with Gasteiger partial charge in [0.15, 0.2) is 5.65 Å². The second-order valence-electron chi connectivity index (χ2n) is 4.58. The molecule has 0 aliphatic heterocycles. The fraction of sp³-hybridized carbons (Fsp3) is 0.267. The Labute approximate surface area is 111 Å². The quantitative estimate of drug-likeness (QED) is 0.712. The fourth-order valence-corrected chi connectivity index (χ4v) is 2.31. The highest BCUT2D eigenvalue weighted by Crippen LogP contribution is 2.24. The van der Waals surface area contributed by atoms with Gasteiger partial charge in [-0.25, -0.2) is 15.0 Å². The summed E-state index contributed by atoms with van der Waals surface area (Å²) in [7, 11) is 0. The molecule has 4 heteroatoms. The first kappa shape index (κ1) is 11.8. The average molecular weight is 252 g/mol. The van der Waals surface area contributed by atoms with Crippen LogP contribution in [0, 0.1) is 0 Å². The van der Waals surface area contributed by atoms with Gasteiger partial charge in [-0.3, -0.25) is 0 Å². The minimum Gasteiger partial charge on any atom is -0.383 e. The van der Waals surface area contributed by atoms with E-state index in [-0.39, 0.29) is 0 Å². The lowest BCUT2D eigenvalue weighted by Crippen LogP contribution is -2.02. The first-order valence-corrected chi connectivity index (χ1v) is 6.57. The third-order valence-electron chi connectivity index (χ3n) is 3.37. The molecule has 0 fully saturated rings. The van der Waals surface area contributed by atoms with Gasteiger partial charge in [-0.15, -0.1) is 0 Å². The zero-order chi connectivity index (χ0) is 13.4. The number of nitrogens with zero attached hydrogens (tertiary/aromatic N) is 3. The van der Waals surface area contributed by atoms with E-state index < -0.39 is 0 Å². The van der Waals surface area contributed by atoms with E-state index in [1.807, 2.05) is 25.1 Å². The molecular formula is C15H16N4. The molecule has 3 rings (SSSR count). The van der Waals surface area contributed by atoms with Gasteiger partial charge in [0.2, 0.25) is 0 Å². The van der Waals surface area contributed by atoms with E-state index in [0.29, 0.717) is 11.5 Å². The van der Waals surface area contributed by atoms with Crippen molar-refractivity contribution in [3.8, 4) is 0 Å². The number of anilines is 1. The molecule has 0 radical (unpaired) electrons. The molecule has 96 valence electrons. The molecule has 4 nitrogen and oxygen atoms in total. The smallest absolute Gasteiger partial charge is 0.165 e. The molecule has 0 unspecified atom stereocenters. The number of para-hydroxylation sites is 1. The Bertz CT molecular complexity index is 765. The summed E-state index contributed by atoms with van der Waals surface area (Å²) in [5, 5.41) is 1.92. The monoisotopic (exact) mass is 252 g/mol. The molecule has 2 aromatic heterocycles. The molecule has 2 heterocycles. The average Bonchev–Trinajstić information content (AvgIpc) is 2.44. The number of rotatable bonds is 2. The number of benzene rings is 1. The number of aryl methyl sites for hydroxylation is 2. The summed E-state index contributed by atoms with van der Waals surface area (Å²) >= 11 is 0. The number of hydrogen-bond acceptors (Lipinski definition) is 4. The molecule has 1 aromatic carbocycles. The van der Waals surface area contributed by atoms with Crippen LogP contribution < -0.4 is 5.73 Å². The topological polar surface area (TPSA) is 64.7 Å². The molecule has 0 bridgehead atoms. The van der Waals surface area contributed by atoms with E-state index in [1.54, 1.807) is 0 Å². The van der Waals surface area contributed by atoms with Gasteiger partial charge < -0.3 is 5.73 Å². The van der Waals surface area contributed by atoms with Crippen molar-refractivity contribution < 1.29 is 0 Å². The second-order valence-corrected chi connectivity index (χ2v) is 4.58. The maximum atomic E-state index is 6.00. The zero-order valence-corrected chi connectivity index (χ0v) is 11.1. The third kappa shape index (κ3) is 1.89. The Hall–Kier alpha value is -2.23. The summed E-state index contributed by atoms with van der Waals surface area (Å²) < 4.78 is 0. The van der Waals surface area contributed by atoms with Crippen LogP contribution in [0.25, 0.3) is 21.9 Å². The van der Waals surface area contributed by atoms with E-state index in [0.717, 1.165) is 35.0 Å². The van der Waals surface area contributed by atoms with E-state index >= 15 is 0 Å². The van der Waals surface area contributed by atoms with Crippen LogP contribution in [0.2, 0.25) is 0 Å². The Morgan fingerprint density at radius 1 is 1.05 bits per heavy atom. The first-order chi connectivity index (χ1) is 9.22. The summed E-state index contributed by atoms with van der Waals surface area (Å²) in [6.07, 6.45) is 1.71. The SMILES string of the molecule is CCc1nc(N)c2cc3cccc(CC)c3nc2n1. The predicted molar refractivity (Wildman–Crippen MR) is 78.0 cm³/mol.